The zero-order chi connectivity index (χ0) is 38.4. The van der Waals surface area contributed by atoms with Gasteiger partial charge in [-0.05, 0) is 48.7 Å². The fraction of sp³-hybridized carbons (Fsp3) is 0.140. The molecule has 12 nitrogen and oxygen atoms in total. The molecule has 0 atom stereocenters. The first kappa shape index (κ1) is 34.9. The standard InChI is InChI=1S/2C17H14N4.C9H12N4/c1-11-19-15-8-14-13(9-17(15)21(11)2)18-10-16(20-14)12-6-4-3-5-7-12;1-11-19-15-8-13-14(9-17(15)21(11)2)20-16(10-18-13)12-6-4-3-5-7-12;1-5-12-8-3-6(10)7(11)4-9(8)13(5)2/h2*3-10H,1-2H3;3-4H,10-11H2,1-2H3/p+1. The number of nitrogens with two attached hydrogens (primary N) is 2. The van der Waals surface area contributed by atoms with Gasteiger partial charge < -0.3 is 25.6 Å². The molecule has 10 aromatic rings. The molecule has 12 heteroatoms. The van der Waals surface area contributed by atoms with Crippen molar-refractivity contribution in [3.63, 3.8) is 0 Å². The highest BCUT2D eigenvalue weighted by molar-refractivity contribution is 5.92. The molecule has 0 bridgehead atoms. The van der Waals surface area contributed by atoms with E-state index in [0.717, 1.165) is 95.2 Å². The molecule has 272 valence electrons. The van der Waals surface area contributed by atoms with Crippen molar-refractivity contribution < 1.29 is 4.57 Å². The number of rotatable bonds is 2. The maximum Gasteiger partial charge on any atom is 0.296 e. The Hall–Kier alpha value is -7.21. The van der Waals surface area contributed by atoms with Gasteiger partial charge in [0.05, 0.1) is 86.3 Å². The molecule has 5 N–H and O–H groups in total. The number of hydrogen-bond donors (Lipinski definition) is 3. The topological polar surface area (TPSA) is 159 Å². The Bertz CT molecular complexity index is 3010. The number of nitrogens with one attached hydrogen (secondary N) is 1. The highest BCUT2D eigenvalue weighted by Gasteiger charge is 2.16. The molecule has 0 amide bonds. The van der Waals surface area contributed by atoms with E-state index >= 15 is 0 Å². The molecule has 0 saturated carbocycles. The summed E-state index contributed by atoms with van der Waals surface area (Å²) < 4.78 is 6.16. The lowest BCUT2D eigenvalue weighted by atomic mass is 10.1. The fourth-order valence-electron chi connectivity index (χ4n) is 6.59. The molecule has 0 radical (unpaired) electrons. The number of nitrogen functional groups attached to an aromatic ring is 2. The highest BCUT2D eigenvalue weighted by atomic mass is 15.1. The molecular formula is C43H41N12+. The summed E-state index contributed by atoms with van der Waals surface area (Å²) in [5.41, 5.74) is 26.4. The molecule has 0 aliphatic rings. The Labute approximate surface area is 317 Å². The van der Waals surface area contributed by atoms with E-state index in [1.165, 1.54) is 0 Å². The third-order valence-corrected chi connectivity index (χ3v) is 10.1. The second-order valence-corrected chi connectivity index (χ2v) is 13.6. The van der Waals surface area contributed by atoms with E-state index in [9.17, 15) is 0 Å². The van der Waals surface area contributed by atoms with Gasteiger partial charge in [0.1, 0.15) is 11.6 Å². The number of aromatic nitrogens is 10. The number of imidazole rings is 3. The molecule has 5 aromatic carbocycles. The monoisotopic (exact) mass is 725 g/mol. The molecule has 55 heavy (non-hydrogen) atoms. The first-order valence-electron chi connectivity index (χ1n) is 17.9. The zero-order valence-corrected chi connectivity index (χ0v) is 31.6. The van der Waals surface area contributed by atoms with Crippen molar-refractivity contribution in [2.45, 2.75) is 20.8 Å². The summed E-state index contributed by atoms with van der Waals surface area (Å²) in [5.74, 6) is 2.95. The Morgan fingerprint density at radius 3 is 1.84 bits per heavy atom. The lowest BCUT2D eigenvalue weighted by molar-refractivity contribution is -0.651. The van der Waals surface area contributed by atoms with Crippen LogP contribution in [0.1, 0.15) is 17.5 Å². The van der Waals surface area contributed by atoms with Crippen LogP contribution in [0.4, 0.5) is 11.4 Å². The van der Waals surface area contributed by atoms with Gasteiger partial charge in [-0.3, -0.25) is 9.97 Å². The summed E-state index contributed by atoms with van der Waals surface area (Å²) in [4.78, 5) is 30.8. The van der Waals surface area contributed by atoms with Crippen LogP contribution in [0.5, 0.6) is 0 Å². The molecule has 0 unspecified atom stereocenters. The number of nitrogens with zero attached hydrogens (tertiary/aromatic N) is 9. The molecule has 0 aliphatic heterocycles. The molecular weight excluding hydrogens is 685 g/mol. The average Bonchev–Trinajstić information content (AvgIpc) is 3.76. The molecule has 5 aromatic heterocycles. The predicted octanol–water partition coefficient (Wildman–Crippen LogP) is 7.45. The normalized spacial score (nSPS) is 11.2. The van der Waals surface area contributed by atoms with E-state index in [0.29, 0.717) is 11.4 Å². The van der Waals surface area contributed by atoms with Crippen molar-refractivity contribution in [2.24, 2.45) is 21.1 Å². The smallest absolute Gasteiger partial charge is 0.296 e. The van der Waals surface area contributed by atoms with Crippen LogP contribution in [0.2, 0.25) is 0 Å². The van der Waals surface area contributed by atoms with Gasteiger partial charge in [-0.2, -0.15) is 0 Å². The number of fused-ring (bicyclic) bond motifs is 5. The minimum Gasteiger partial charge on any atom is -0.397 e. The second-order valence-electron chi connectivity index (χ2n) is 13.6. The Balaban J connectivity index is 0.000000120. The third-order valence-electron chi connectivity index (χ3n) is 10.1. The molecule has 10 rings (SSSR count). The van der Waals surface area contributed by atoms with Crippen LogP contribution in [-0.4, -0.2) is 44.0 Å². The Morgan fingerprint density at radius 2 is 1.15 bits per heavy atom. The van der Waals surface area contributed by atoms with E-state index in [1.807, 2.05) is 132 Å². The SMILES string of the molecule is Cc1nc2cc(N)c(N)cc2n1C.Cc1nc2cc3nc(-c4ccccc4)cnc3cc2n1C.Cc1nc2cc3ncc(-c4ccccc4)[nH]c3cc2[n+]1C. The van der Waals surface area contributed by atoms with Crippen LogP contribution in [0.25, 0.3) is 77.7 Å². The third kappa shape index (κ3) is 6.65. The lowest BCUT2D eigenvalue weighted by Gasteiger charge is -2.04. The lowest BCUT2D eigenvalue weighted by Crippen LogP contribution is -2.29. The minimum absolute atomic E-state index is 0.589. The van der Waals surface area contributed by atoms with Crippen LogP contribution >= 0.6 is 0 Å². The van der Waals surface area contributed by atoms with Crippen LogP contribution in [0.3, 0.4) is 0 Å². The van der Waals surface area contributed by atoms with Crippen LogP contribution < -0.4 is 16.0 Å². The fourth-order valence-corrected chi connectivity index (χ4v) is 6.59. The van der Waals surface area contributed by atoms with Crippen molar-refractivity contribution in [2.75, 3.05) is 11.5 Å². The summed E-state index contributed by atoms with van der Waals surface area (Å²) in [6.07, 6.45) is 3.70. The van der Waals surface area contributed by atoms with E-state index in [4.69, 9.17) is 16.5 Å². The van der Waals surface area contributed by atoms with E-state index in [2.05, 4.69) is 57.2 Å². The largest absolute Gasteiger partial charge is 0.397 e. The molecule has 0 spiro atoms. The maximum absolute atomic E-state index is 5.70. The van der Waals surface area contributed by atoms with Crippen molar-refractivity contribution in [3.05, 3.63) is 127 Å². The van der Waals surface area contributed by atoms with Gasteiger partial charge in [-0.15, -0.1) is 0 Å². The van der Waals surface area contributed by atoms with Crippen LogP contribution in [0, 0.1) is 20.8 Å². The number of benzene rings is 5. The van der Waals surface area contributed by atoms with Gasteiger partial charge >= 0.3 is 0 Å². The first-order valence-corrected chi connectivity index (χ1v) is 17.9. The van der Waals surface area contributed by atoms with E-state index < -0.39 is 0 Å². The summed E-state index contributed by atoms with van der Waals surface area (Å²) in [5, 5.41) is 0. The number of H-pyrrole nitrogens is 1. The number of anilines is 2. The number of hydrogen-bond acceptors (Lipinski definition) is 8. The number of aromatic amines is 1. The minimum atomic E-state index is 0.589. The Kier molecular flexibility index (Phi) is 8.85. The zero-order valence-electron chi connectivity index (χ0n) is 31.6. The summed E-state index contributed by atoms with van der Waals surface area (Å²) in [7, 11) is 6.01. The number of aryl methyl sites for hydroxylation is 6. The quantitative estimate of drug-likeness (QED) is 0.122. The highest BCUT2D eigenvalue weighted by Crippen LogP contribution is 2.25. The van der Waals surface area contributed by atoms with Gasteiger partial charge in [-0.25, -0.2) is 19.5 Å². The Morgan fingerprint density at radius 1 is 0.564 bits per heavy atom. The molecule has 0 saturated heterocycles. The molecule has 5 heterocycles. The molecule has 0 fully saturated rings. The van der Waals surface area contributed by atoms with E-state index in [1.54, 1.807) is 6.07 Å². The first-order chi connectivity index (χ1) is 26.5. The van der Waals surface area contributed by atoms with Gasteiger partial charge in [0.25, 0.3) is 5.82 Å². The maximum atomic E-state index is 5.70. The van der Waals surface area contributed by atoms with Crippen molar-refractivity contribution in [1.82, 2.24) is 44.0 Å². The second kappa shape index (κ2) is 14.0. The van der Waals surface area contributed by atoms with Crippen LogP contribution in [0.15, 0.2) is 109 Å². The van der Waals surface area contributed by atoms with Gasteiger partial charge in [0, 0.05) is 38.7 Å². The van der Waals surface area contributed by atoms with Crippen molar-refractivity contribution in [3.8, 4) is 22.5 Å². The van der Waals surface area contributed by atoms with Crippen molar-refractivity contribution in [1.29, 1.82) is 0 Å². The van der Waals surface area contributed by atoms with Gasteiger partial charge in [0.2, 0.25) is 5.52 Å². The van der Waals surface area contributed by atoms with Crippen LogP contribution in [-0.2, 0) is 21.1 Å². The van der Waals surface area contributed by atoms with Gasteiger partial charge in [0.15, 0.2) is 5.52 Å². The summed E-state index contributed by atoms with van der Waals surface area (Å²) in [6, 6.07) is 32.2. The molecule has 0 aliphatic carbocycles. The van der Waals surface area contributed by atoms with Crippen molar-refractivity contribution >= 4 is 66.5 Å². The predicted molar refractivity (Wildman–Crippen MR) is 221 cm³/mol. The van der Waals surface area contributed by atoms with Gasteiger partial charge in [-0.1, -0.05) is 60.7 Å². The summed E-state index contributed by atoms with van der Waals surface area (Å²) in [6.45, 7) is 5.96. The average molecular weight is 726 g/mol. The van der Waals surface area contributed by atoms with E-state index in [-0.39, 0.29) is 0 Å². The summed E-state index contributed by atoms with van der Waals surface area (Å²) >= 11 is 0.